The Hall–Kier alpha value is -1.69. The molecule has 3 heterocycles. The van der Waals surface area contributed by atoms with E-state index in [1.165, 1.54) is 11.9 Å². The van der Waals surface area contributed by atoms with Gasteiger partial charge < -0.3 is 0 Å². The number of sulfone groups is 1. The van der Waals surface area contributed by atoms with Gasteiger partial charge in [0.15, 0.2) is 9.84 Å². The molecule has 1 saturated heterocycles. The molecule has 20 heavy (non-hydrogen) atoms. The van der Waals surface area contributed by atoms with E-state index in [0.717, 1.165) is 18.7 Å². The molecular formula is C14H15N3O2S. The molecule has 5 nitrogen and oxygen atoms in total. The first-order valence-electron chi connectivity index (χ1n) is 7.26. The zero-order valence-electron chi connectivity index (χ0n) is 11.8. The highest BCUT2D eigenvalue weighted by Gasteiger charge is 2.72. The summed E-state index contributed by atoms with van der Waals surface area (Å²) in [6, 6.07) is 10.4. The normalized spacial score (nSPS) is 35.1. The average Bonchev–Trinajstić information content (AvgIpc) is 3.29. The molecule has 3 aliphatic rings. The second-order valence-corrected chi connectivity index (χ2v) is 7.72. The van der Waals surface area contributed by atoms with E-state index in [1.807, 2.05) is 22.9 Å². The molecule has 0 N–H and O–H groups in total. The van der Waals surface area contributed by atoms with Crippen molar-refractivity contribution in [3.05, 3.63) is 48.0 Å². The van der Waals surface area contributed by atoms with Gasteiger partial charge in [-0.15, -0.1) is 0 Å². The molecule has 104 valence electrons. The largest absolute Gasteiger partial charge is 0.243 e. The van der Waals surface area contributed by atoms with Gasteiger partial charge in [-0.1, -0.05) is 30.3 Å². The fourth-order valence-electron chi connectivity index (χ4n) is 2.59. The van der Waals surface area contributed by atoms with E-state index in [4.69, 9.17) is 1.37 Å². The van der Waals surface area contributed by atoms with Crippen LogP contribution >= 0.6 is 0 Å². The Morgan fingerprint density at radius 3 is 2.55 bits per heavy atom. The topological polar surface area (TPSA) is 64.8 Å². The lowest BCUT2D eigenvalue weighted by molar-refractivity contribution is 0.555. The Kier molecular flexibility index (Phi) is 2.29. The standard InChI is InChI=1S/C11H11N3.C3H4O2S/c1-2-4-9(5-3-1)10-6-7-11-12-8-13-14(10)11;4-6(5)2-1-3(2)6/h1-5,8,10H,6-7H2;2-3H,1H2/i7D;. The van der Waals surface area contributed by atoms with E-state index in [2.05, 4.69) is 22.2 Å². The maximum atomic E-state index is 10.1. The van der Waals surface area contributed by atoms with Crippen LogP contribution in [-0.4, -0.2) is 33.7 Å². The quantitative estimate of drug-likeness (QED) is 0.744. The lowest BCUT2D eigenvalue weighted by Gasteiger charge is -2.10. The van der Waals surface area contributed by atoms with Gasteiger partial charge >= 0.3 is 0 Å². The molecule has 4 unspecified atom stereocenters. The van der Waals surface area contributed by atoms with Crippen molar-refractivity contribution in [2.45, 2.75) is 35.8 Å². The Morgan fingerprint density at radius 1 is 1.25 bits per heavy atom. The van der Waals surface area contributed by atoms with Crippen molar-refractivity contribution in [2.24, 2.45) is 0 Å². The zero-order valence-corrected chi connectivity index (χ0v) is 11.6. The summed E-state index contributed by atoms with van der Waals surface area (Å²) >= 11 is 0. The first-order valence-corrected chi connectivity index (χ1v) is 8.29. The highest BCUT2D eigenvalue weighted by molar-refractivity contribution is 8.01. The van der Waals surface area contributed by atoms with Crippen LogP contribution in [-0.2, 0) is 16.2 Å². The van der Waals surface area contributed by atoms with Crippen molar-refractivity contribution in [3.8, 4) is 0 Å². The van der Waals surface area contributed by atoms with Crippen LogP contribution in [0.4, 0.5) is 0 Å². The predicted molar refractivity (Wildman–Crippen MR) is 74.0 cm³/mol. The number of aromatic nitrogens is 3. The number of hydrogen-bond acceptors (Lipinski definition) is 4. The molecule has 0 bridgehead atoms. The monoisotopic (exact) mass is 290 g/mol. The van der Waals surface area contributed by atoms with E-state index in [-0.39, 0.29) is 22.9 Å². The predicted octanol–water partition coefficient (Wildman–Crippen LogP) is 1.37. The number of hydrogen-bond donors (Lipinski definition) is 0. The molecule has 2 fully saturated rings. The Balaban J connectivity index is 0.000000158. The van der Waals surface area contributed by atoms with Crippen LogP contribution in [0.2, 0.25) is 0 Å². The molecule has 2 aromatic rings. The third-order valence-corrected chi connectivity index (χ3v) is 6.46. The van der Waals surface area contributed by atoms with Crippen molar-refractivity contribution in [1.29, 1.82) is 0 Å². The number of benzene rings is 1. The molecule has 4 atom stereocenters. The summed E-state index contributed by atoms with van der Waals surface area (Å²) in [4.78, 5) is 4.12. The molecule has 2 aliphatic heterocycles. The minimum Gasteiger partial charge on any atom is -0.243 e. The molecule has 1 saturated carbocycles. The van der Waals surface area contributed by atoms with Gasteiger partial charge in [0.25, 0.3) is 0 Å². The highest BCUT2D eigenvalue weighted by atomic mass is 32.2. The van der Waals surface area contributed by atoms with E-state index in [9.17, 15) is 8.42 Å². The number of fused-ring (bicyclic) bond motifs is 2. The van der Waals surface area contributed by atoms with E-state index >= 15 is 0 Å². The van der Waals surface area contributed by atoms with Gasteiger partial charge in [-0.3, -0.25) is 0 Å². The van der Waals surface area contributed by atoms with Crippen molar-refractivity contribution in [2.75, 3.05) is 0 Å². The highest BCUT2D eigenvalue weighted by Crippen LogP contribution is 2.54. The van der Waals surface area contributed by atoms with Crippen LogP contribution in [0.25, 0.3) is 0 Å². The fourth-order valence-corrected chi connectivity index (χ4v) is 4.22. The molecule has 0 spiro atoms. The third kappa shape index (κ3) is 1.86. The van der Waals surface area contributed by atoms with Crippen molar-refractivity contribution >= 4 is 9.84 Å². The Morgan fingerprint density at radius 2 is 1.95 bits per heavy atom. The first kappa shape index (κ1) is 11.0. The summed E-state index contributed by atoms with van der Waals surface area (Å²) in [5.74, 6) is 0.781. The molecule has 5 rings (SSSR count). The summed E-state index contributed by atoms with van der Waals surface area (Å²) in [6.45, 7) is 0. The van der Waals surface area contributed by atoms with E-state index < -0.39 is 9.84 Å². The van der Waals surface area contributed by atoms with Crippen molar-refractivity contribution < 1.29 is 9.79 Å². The number of nitrogens with zero attached hydrogens (tertiary/aromatic N) is 3. The van der Waals surface area contributed by atoms with Crippen LogP contribution < -0.4 is 0 Å². The van der Waals surface area contributed by atoms with E-state index in [0.29, 0.717) is 0 Å². The molecule has 1 aliphatic carbocycles. The summed E-state index contributed by atoms with van der Waals surface area (Å²) in [6.07, 6.45) is 3.03. The second-order valence-electron chi connectivity index (χ2n) is 5.33. The molecule has 1 aromatic carbocycles. The van der Waals surface area contributed by atoms with Crippen LogP contribution in [0, 0.1) is 0 Å². The maximum absolute atomic E-state index is 10.1. The summed E-state index contributed by atoms with van der Waals surface area (Å²) in [7, 11) is -2.40. The summed E-state index contributed by atoms with van der Waals surface area (Å²) < 4.78 is 30.0. The third-order valence-electron chi connectivity index (χ3n) is 4.05. The van der Waals surface area contributed by atoms with Gasteiger partial charge in [0.1, 0.15) is 12.2 Å². The smallest absolute Gasteiger partial charge is 0.158 e. The number of aryl methyl sites for hydroxylation is 1. The van der Waals surface area contributed by atoms with Crippen LogP contribution in [0.5, 0.6) is 0 Å². The van der Waals surface area contributed by atoms with Gasteiger partial charge in [-0.25, -0.2) is 18.1 Å². The minimum atomic E-state index is -2.40. The average molecular weight is 290 g/mol. The summed E-state index contributed by atoms with van der Waals surface area (Å²) in [5, 5.41) is 4.46. The number of rotatable bonds is 1. The minimum absolute atomic E-state index is 0.137. The van der Waals surface area contributed by atoms with Gasteiger partial charge in [0.05, 0.1) is 16.5 Å². The van der Waals surface area contributed by atoms with Gasteiger partial charge in [-0.05, 0) is 18.4 Å². The molecule has 6 heteroatoms. The van der Waals surface area contributed by atoms with Crippen molar-refractivity contribution in [3.63, 3.8) is 0 Å². The molecule has 1 aromatic heterocycles. The zero-order chi connectivity index (χ0) is 14.6. The first-order chi connectivity index (χ1) is 10.1. The Labute approximate surface area is 119 Å². The van der Waals surface area contributed by atoms with Crippen LogP contribution in [0.3, 0.4) is 0 Å². The van der Waals surface area contributed by atoms with Gasteiger partial charge in [-0.2, -0.15) is 5.10 Å². The van der Waals surface area contributed by atoms with Gasteiger partial charge in [0, 0.05) is 7.77 Å². The van der Waals surface area contributed by atoms with Crippen LogP contribution in [0.1, 0.15) is 31.6 Å². The maximum Gasteiger partial charge on any atom is 0.158 e. The molecular weight excluding hydrogens is 274 g/mol. The van der Waals surface area contributed by atoms with Crippen molar-refractivity contribution in [1.82, 2.24) is 14.8 Å². The lowest BCUT2D eigenvalue weighted by atomic mass is 10.1. The fraction of sp³-hybridized carbons (Fsp3) is 0.429. The second kappa shape index (κ2) is 4.15. The SMILES string of the molecule is O=S1(=O)C2CC21.[2H]C1CC(c2ccccc2)n2ncnc21. The van der Waals surface area contributed by atoms with E-state index in [1.54, 1.807) is 0 Å². The van der Waals surface area contributed by atoms with Gasteiger partial charge in [0.2, 0.25) is 0 Å². The summed E-state index contributed by atoms with van der Waals surface area (Å²) in [5.41, 5.74) is 1.21. The Bertz CT molecular complexity index is 761. The lowest BCUT2D eigenvalue weighted by Crippen LogP contribution is -2.06. The molecule has 0 radical (unpaired) electrons. The van der Waals surface area contributed by atoms with Crippen LogP contribution in [0.15, 0.2) is 36.7 Å². The molecule has 0 amide bonds.